The van der Waals surface area contributed by atoms with E-state index < -0.39 is 0 Å². The first-order valence-corrected chi connectivity index (χ1v) is 8.80. The summed E-state index contributed by atoms with van der Waals surface area (Å²) in [5, 5.41) is 3.10. The van der Waals surface area contributed by atoms with Gasteiger partial charge in [0.2, 0.25) is 5.91 Å². The average Bonchev–Trinajstić information content (AvgIpc) is 2.54. The summed E-state index contributed by atoms with van der Waals surface area (Å²) in [5.41, 5.74) is 2.96. The van der Waals surface area contributed by atoms with Gasteiger partial charge in [-0.15, -0.1) is 0 Å². The molecule has 0 radical (unpaired) electrons. The fourth-order valence-corrected chi connectivity index (χ4v) is 3.78. The van der Waals surface area contributed by atoms with Gasteiger partial charge in [-0.25, -0.2) is 4.39 Å². The Balaban J connectivity index is 1.73. The summed E-state index contributed by atoms with van der Waals surface area (Å²) >= 11 is 0. The number of rotatable bonds is 4. The van der Waals surface area contributed by atoms with Crippen molar-refractivity contribution in [3.8, 4) is 11.1 Å². The van der Waals surface area contributed by atoms with E-state index in [9.17, 15) is 9.18 Å². The molecule has 1 N–H and O–H groups in total. The molecule has 1 heterocycles. The lowest BCUT2D eigenvalue weighted by atomic mass is 9.90. The number of carbonyl (C=O) groups is 1. The monoisotopic (exact) mass is 340 g/mol. The highest BCUT2D eigenvalue weighted by Gasteiger charge is 2.31. The highest BCUT2D eigenvalue weighted by Crippen LogP contribution is 2.25. The SMILES string of the molecule is CC(=O)NC1(C)CCCN(Cc2cccc(-c3cccc(F)c3)c2)C1. The molecule has 1 saturated heterocycles. The van der Waals surface area contributed by atoms with E-state index >= 15 is 0 Å². The molecule has 3 rings (SSSR count). The number of hydrogen-bond acceptors (Lipinski definition) is 2. The summed E-state index contributed by atoms with van der Waals surface area (Å²) in [4.78, 5) is 13.8. The lowest BCUT2D eigenvalue weighted by Crippen LogP contribution is -2.56. The zero-order valence-corrected chi connectivity index (χ0v) is 14.9. The maximum absolute atomic E-state index is 13.5. The lowest BCUT2D eigenvalue weighted by Gasteiger charge is -2.41. The fourth-order valence-electron chi connectivity index (χ4n) is 3.78. The van der Waals surface area contributed by atoms with Crippen molar-refractivity contribution in [3.05, 3.63) is 59.9 Å². The van der Waals surface area contributed by atoms with Gasteiger partial charge in [-0.1, -0.05) is 30.3 Å². The number of hydrogen-bond donors (Lipinski definition) is 1. The molecule has 25 heavy (non-hydrogen) atoms. The number of likely N-dealkylation sites (tertiary alicyclic amines) is 1. The van der Waals surface area contributed by atoms with Gasteiger partial charge in [-0.05, 0) is 61.2 Å². The first-order chi connectivity index (χ1) is 11.9. The summed E-state index contributed by atoms with van der Waals surface area (Å²) in [6.45, 7) is 6.39. The van der Waals surface area contributed by atoms with Gasteiger partial charge in [-0.2, -0.15) is 0 Å². The van der Waals surface area contributed by atoms with Crippen LogP contribution in [0, 0.1) is 5.82 Å². The molecule has 4 heteroatoms. The van der Waals surface area contributed by atoms with Crippen LogP contribution in [0.1, 0.15) is 32.3 Å². The summed E-state index contributed by atoms with van der Waals surface area (Å²) in [6.07, 6.45) is 2.08. The van der Waals surface area contributed by atoms with Crippen molar-refractivity contribution in [2.75, 3.05) is 13.1 Å². The topological polar surface area (TPSA) is 32.3 Å². The lowest BCUT2D eigenvalue weighted by molar-refractivity contribution is -0.121. The Bertz CT molecular complexity index is 761. The van der Waals surface area contributed by atoms with Crippen LogP contribution >= 0.6 is 0 Å². The highest BCUT2D eigenvalue weighted by molar-refractivity contribution is 5.73. The standard InChI is InChI=1S/C21H25FN2O/c1-16(25)23-21(2)10-5-11-24(15-21)14-17-6-3-7-18(12-17)19-8-4-9-20(22)13-19/h3-4,6-9,12-13H,5,10-11,14-15H2,1-2H3,(H,23,25). The Morgan fingerprint density at radius 3 is 2.64 bits per heavy atom. The van der Waals surface area contributed by atoms with Crippen LogP contribution < -0.4 is 5.32 Å². The van der Waals surface area contributed by atoms with Crippen LogP contribution in [-0.2, 0) is 11.3 Å². The third-order valence-corrected chi connectivity index (χ3v) is 4.74. The van der Waals surface area contributed by atoms with E-state index in [1.165, 1.54) is 11.6 Å². The first kappa shape index (κ1) is 17.6. The van der Waals surface area contributed by atoms with Crippen LogP contribution in [0.25, 0.3) is 11.1 Å². The molecule has 1 aliphatic rings. The van der Waals surface area contributed by atoms with Crippen molar-refractivity contribution in [3.63, 3.8) is 0 Å². The van der Waals surface area contributed by atoms with E-state index in [0.29, 0.717) is 0 Å². The molecule has 0 aliphatic carbocycles. The minimum atomic E-state index is -0.218. The molecule has 2 aromatic carbocycles. The normalized spacial score (nSPS) is 21.1. The molecule has 1 unspecified atom stereocenters. The predicted octanol–water partition coefficient (Wildman–Crippen LogP) is 3.98. The van der Waals surface area contributed by atoms with Gasteiger partial charge in [0.25, 0.3) is 0 Å². The highest BCUT2D eigenvalue weighted by atomic mass is 19.1. The molecule has 132 valence electrons. The smallest absolute Gasteiger partial charge is 0.217 e. The number of piperidine rings is 1. The van der Waals surface area contributed by atoms with Gasteiger partial charge in [0, 0.05) is 25.6 Å². The second kappa shape index (κ2) is 7.36. The zero-order valence-electron chi connectivity index (χ0n) is 14.9. The second-order valence-electron chi connectivity index (χ2n) is 7.27. The molecule has 2 aromatic rings. The third kappa shape index (κ3) is 4.67. The molecule has 1 fully saturated rings. The minimum absolute atomic E-state index is 0.0254. The van der Waals surface area contributed by atoms with Gasteiger partial charge in [-0.3, -0.25) is 9.69 Å². The van der Waals surface area contributed by atoms with E-state index in [1.54, 1.807) is 19.1 Å². The molecule has 0 aromatic heterocycles. The van der Waals surface area contributed by atoms with Crippen LogP contribution in [0.5, 0.6) is 0 Å². The van der Waals surface area contributed by atoms with E-state index in [4.69, 9.17) is 0 Å². The van der Waals surface area contributed by atoms with Crippen LogP contribution in [0.2, 0.25) is 0 Å². The molecule has 0 bridgehead atoms. The molecular formula is C21H25FN2O. The summed E-state index contributed by atoms with van der Waals surface area (Å²) in [7, 11) is 0. The Hall–Kier alpha value is -2.20. The fraction of sp³-hybridized carbons (Fsp3) is 0.381. The molecule has 0 spiro atoms. The Kier molecular flexibility index (Phi) is 5.19. The maximum atomic E-state index is 13.5. The molecule has 1 aliphatic heterocycles. The van der Waals surface area contributed by atoms with Crippen molar-refractivity contribution in [2.45, 2.75) is 38.8 Å². The number of halogens is 1. The summed E-state index contributed by atoms with van der Waals surface area (Å²) in [6, 6.07) is 14.9. The van der Waals surface area contributed by atoms with Gasteiger partial charge < -0.3 is 5.32 Å². The molecule has 1 atom stereocenters. The average molecular weight is 340 g/mol. The Labute approximate surface area is 148 Å². The van der Waals surface area contributed by atoms with Crippen molar-refractivity contribution in [2.24, 2.45) is 0 Å². The van der Waals surface area contributed by atoms with Gasteiger partial charge in [0.05, 0.1) is 0 Å². The molecule has 0 saturated carbocycles. The van der Waals surface area contributed by atoms with Gasteiger partial charge >= 0.3 is 0 Å². The largest absolute Gasteiger partial charge is 0.350 e. The molecular weight excluding hydrogens is 315 g/mol. The summed E-state index contributed by atoms with van der Waals surface area (Å²) in [5.74, 6) is -0.192. The maximum Gasteiger partial charge on any atom is 0.217 e. The van der Waals surface area contributed by atoms with Crippen LogP contribution in [-0.4, -0.2) is 29.4 Å². The van der Waals surface area contributed by atoms with Gasteiger partial charge in [0.1, 0.15) is 5.82 Å². The number of amides is 1. The second-order valence-corrected chi connectivity index (χ2v) is 7.27. The van der Waals surface area contributed by atoms with Crippen molar-refractivity contribution >= 4 is 5.91 Å². The van der Waals surface area contributed by atoms with Crippen molar-refractivity contribution in [1.82, 2.24) is 10.2 Å². The Morgan fingerprint density at radius 2 is 1.92 bits per heavy atom. The number of nitrogens with one attached hydrogen (secondary N) is 1. The van der Waals surface area contributed by atoms with Crippen LogP contribution in [0.4, 0.5) is 4.39 Å². The van der Waals surface area contributed by atoms with E-state index in [-0.39, 0.29) is 17.3 Å². The van der Waals surface area contributed by atoms with Crippen LogP contribution in [0.15, 0.2) is 48.5 Å². The molecule has 1 amide bonds. The number of carbonyl (C=O) groups excluding carboxylic acids is 1. The Morgan fingerprint density at radius 1 is 1.20 bits per heavy atom. The predicted molar refractivity (Wildman–Crippen MR) is 98.6 cm³/mol. The minimum Gasteiger partial charge on any atom is -0.350 e. The quantitative estimate of drug-likeness (QED) is 0.913. The molecule has 3 nitrogen and oxygen atoms in total. The summed E-state index contributed by atoms with van der Waals surface area (Å²) < 4.78 is 13.5. The number of nitrogens with zero attached hydrogens (tertiary/aromatic N) is 1. The van der Waals surface area contributed by atoms with Gasteiger partial charge in [0.15, 0.2) is 0 Å². The van der Waals surface area contributed by atoms with E-state index in [2.05, 4.69) is 29.3 Å². The van der Waals surface area contributed by atoms with Crippen molar-refractivity contribution < 1.29 is 9.18 Å². The van der Waals surface area contributed by atoms with Crippen LogP contribution in [0.3, 0.4) is 0 Å². The van der Waals surface area contributed by atoms with E-state index in [1.807, 2.05) is 18.2 Å². The third-order valence-electron chi connectivity index (χ3n) is 4.74. The zero-order chi connectivity index (χ0) is 17.9. The number of benzene rings is 2. The van der Waals surface area contributed by atoms with E-state index in [0.717, 1.165) is 43.6 Å². The first-order valence-electron chi connectivity index (χ1n) is 8.80. The van der Waals surface area contributed by atoms with Crippen molar-refractivity contribution in [1.29, 1.82) is 0 Å².